The molecule has 0 amide bonds. The third-order valence-corrected chi connectivity index (χ3v) is 4.42. The number of hydrogen-bond donors (Lipinski definition) is 0. The molecule has 0 aliphatic carbocycles. The van der Waals surface area contributed by atoms with E-state index in [0.717, 1.165) is 6.54 Å². The van der Waals surface area contributed by atoms with Crippen molar-refractivity contribution < 1.29 is 0 Å². The lowest BCUT2D eigenvalue weighted by Gasteiger charge is -2.41. The van der Waals surface area contributed by atoms with Crippen LogP contribution in [0.4, 0.5) is 5.69 Å². The topological polar surface area (TPSA) is 3.24 Å². The maximum Gasteiger partial charge on any atom is 0.0540 e. The molecule has 1 aliphatic rings. The maximum absolute atomic E-state index is 2.42. The molecule has 0 N–H and O–H groups in total. The fourth-order valence-corrected chi connectivity index (χ4v) is 3.95. The van der Waals surface area contributed by atoms with Crippen LogP contribution >= 0.6 is 11.8 Å². The summed E-state index contributed by atoms with van der Waals surface area (Å²) in [6.45, 7) is 12.6. The zero-order valence-electron chi connectivity index (χ0n) is 11.8. The summed E-state index contributed by atoms with van der Waals surface area (Å²) in [5.74, 6) is 0. The monoisotopic (exact) mass is 249 g/mol. The second-order valence-corrected chi connectivity index (χ2v) is 8.37. The molecule has 94 valence electrons. The van der Waals surface area contributed by atoms with Crippen LogP contribution in [0, 0.1) is 0 Å². The zero-order valence-corrected chi connectivity index (χ0v) is 12.6. The van der Waals surface area contributed by atoms with Gasteiger partial charge in [0.2, 0.25) is 0 Å². The highest BCUT2D eigenvalue weighted by Crippen LogP contribution is 2.47. The molecule has 1 nitrogen and oxygen atoms in total. The number of rotatable bonds is 0. The zero-order chi connectivity index (χ0) is 12.8. The first kappa shape index (κ1) is 12.8. The highest BCUT2D eigenvalue weighted by molar-refractivity contribution is 8.00. The second kappa shape index (κ2) is 3.94. The van der Waals surface area contributed by atoms with Crippen LogP contribution in [0.1, 0.15) is 40.2 Å². The van der Waals surface area contributed by atoms with Gasteiger partial charge in [-0.25, -0.2) is 0 Å². The van der Waals surface area contributed by atoms with Gasteiger partial charge in [0.15, 0.2) is 0 Å². The summed E-state index contributed by atoms with van der Waals surface area (Å²) in [6.07, 6.45) is 0. The van der Waals surface area contributed by atoms with Gasteiger partial charge in [0.05, 0.1) is 5.69 Å². The largest absolute Gasteiger partial charge is 0.372 e. The first-order valence-electron chi connectivity index (χ1n) is 6.24. The SMILES string of the molecule is CN1CC(C)(C)Sc2cccc(C(C)(C)C)c21. The van der Waals surface area contributed by atoms with E-state index in [4.69, 9.17) is 0 Å². The Hall–Kier alpha value is -0.630. The summed E-state index contributed by atoms with van der Waals surface area (Å²) >= 11 is 2.01. The Morgan fingerprint density at radius 1 is 1.24 bits per heavy atom. The Kier molecular flexibility index (Phi) is 2.97. The first-order chi connectivity index (χ1) is 7.71. The van der Waals surface area contributed by atoms with Crippen molar-refractivity contribution in [2.75, 3.05) is 18.5 Å². The van der Waals surface area contributed by atoms with Crippen LogP contribution in [0.3, 0.4) is 0 Å². The molecule has 1 aromatic carbocycles. The molecule has 0 spiro atoms. The molecule has 17 heavy (non-hydrogen) atoms. The summed E-state index contributed by atoms with van der Waals surface area (Å²) in [5.41, 5.74) is 3.10. The van der Waals surface area contributed by atoms with Crippen LogP contribution in [0.5, 0.6) is 0 Å². The third kappa shape index (κ3) is 2.47. The van der Waals surface area contributed by atoms with Crippen LogP contribution in [0.2, 0.25) is 0 Å². The van der Waals surface area contributed by atoms with Crippen molar-refractivity contribution >= 4 is 17.4 Å². The number of para-hydroxylation sites is 1. The van der Waals surface area contributed by atoms with Gasteiger partial charge >= 0.3 is 0 Å². The van der Waals surface area contributed by atoms with Crippen molar-refractivity contribution in [1.29, 1.82) is 0 Å². The Bertz CT molecular complexity index is 429. The van der Waals surface area contributed by atoms with Crippen molar-refractivity contribution in [2.45, 2.75) is 49.7 Å². The standard InChI is InChI=1S/C15H23NS/c1-14(2,3)11-8-7-9-12-13(11)16(6)10-15(4,5)17-12/h7-9H,10H2,1-6H3. The van der Waals surface area contributed by atoms with Gasteiger partial charge in [-0.15, -0.1) is 11.8 Å². The van der Waals surface area contributed by atoms with E-state index in [1.54, 1.807) is 0 Å². The molecule has 0 unspecified atom stereocenters. The Balaban J connectivity index is 2.56. The van der Waals surface area contributed by atoms with E-state index in [9.17, 15) is 0 Å². The van der Waals surface area contributed by atoms with Crippen LogP contribution in [0.15, 0.2) is 23.1 Å². The Morgan fingerprint density at radius 2 is 1.88 bits per heavy atom. The fraction of sp³-hybridized carbons (Fsp3) is 0.600. The molecule has 1 heterocycles. The van der Waals surface area contributed by atoms with E-state index in [2.05, 4.69) is 64.8 Å². The Morgan fingerprint density at radius 3 is 2.47 bits per heavy atom. The quantitative estimate of drug-likeness (QED) is 0.674. The van der Waals surface area contributed by atoms with Crippen LogP contribution in [0.25, 0.3) is 0 Å². The molecule has 0 bridgehead atoms. The van der Waals surface area contributed by atoms with Crippen molar-refractivity contribution in [3.63, 3.8) is 0 Å². The molecule has 1 aliphatic heterocycles. The summed E-state index contributed by atoms with van der Waals surface area (Å²) in [4.78, 5) is 3.85. The normalized spacial score (nSPS) is 19.1. The number of hydrogen-bond acceptors (Lipinski definition) is 2. The summed E-state index contributed by atoms with van der Waals surface area (Å²) in [6, 6.07) is 6.72. The van der Waals surface area contributed by atoms with E-state index in [-0.39, 0.29) is 5.41 Å². The highest BCUT2D eigenvalue weighted by Gasteiger charge is 2.32. The van der Waals surface area contributed by atoms with Crippen LogP contribution in [-0.2, 0) is 5.41 Å². The number of anilines is 1. The molecular weight excluding hydrogens is 226 g/mol. The minimum atomic E-state index is 0.210. The smallest absolute Gasteiger partial charge is 0.0540 e. The Labute approximate surface area is 110 Å². The van der Waals surface area contributed by atoms with E-state index in [0.29, 0.717) is 4.75 Å². The average molecular weight is 249 g/mol. The van der Waals surface area contributed by atoms with Gasteiger partial charge in [0.25, 0.3) is 0 Å². The van der Waals surface area contributed by atoms with Crippen LogP contribution in [-0.4, -0.2) is 18.3 Å². The lowest BCUT2D eigenvalue weighted by Crippen LogP contribution is -2.39. The van der Waals surface area contributed by atoms with Crippen molar-refractivity contribution in [2.24, 2.45) is 0 Å². The molecule has 0 radical (unpaired) electrons. The van der Waals surface area contributed by atoms with Gasteiger partial charge in [0.1, 0.15) is 0 Å². The van der Waals surface area contributed by atoms with Crippen molar-refractivity contribution in [3.05, 3.63) is 23.8 Å². The number of thioether (sulfide) groups is 1. The number of benzene rings is 1. The molecule has 0 saturated heterocycles. The van der Waals surface area contributed by atoms with Gasteiger partial charge in [-0.3, -0.25) is 0 Å². The molecule has 0 atom stereocenters. The van der Waals surface area contributed by atoms with E-state index < -0.39 is 0 Å². The van der Waals surface area contributed by atoms with Crippen molar-refractivity contribution in [3.8, 4) is 0 Å². The predicted octanol–water partition coefficient (Wildman–Crippen LogP) is 4.30. The fourth-order valence-electron chi connectivity index (χ4n) is 2.58. The lowest BCUT2D eigenvalue weighted by atomic mass is 9.85. The van der Waals surface area contributed by atoms with E-state index >= 15 is 0 Å². The molecule has 0 fully saturated rings. The molecule has 2 rings (SSSR count). The molecular formula is C15H23NS. The average Bonchev–Trinajstić information content (AvgIpc) is 2.13. The van der Waals surface area contributed by atoms with Crippen LogP contribution < -0.4 is 4.90 Å². The summed E-state index contributed by atoms with van der Waals surface area (Å²) < 4.78 is 0.304. The maximum atomic E-state index is 2.42. The van der Waals surface area contributed by atoms with Gasteiger partial charge in [-0.05, 0) is 30.9 Å². The van der Waals surface area contributed by atoms with Gasteiger partial charge in [-0.2, -0.15) is 0 Å². The first-order valence-corrected chi connectivity index (χ1v) is 7.06. The lowest BCUT2D eigenvalue weighted by molar-refractivity contribution is 0.580. The molecule has 0 aromatic heterocycles. The van der Waals surface area contributed by atoms with E-state index in [1.807, 2.05) is 11.8 Å². The second-order valence-electron chi connectivity index (χ2n) is 6.62. The van der Waals surface area contributed by atoms with Crippen molar-refractivity contribution in [1.82, 2.24) is 0 Å². The van der Waals surface area contributed by atoms with Gasteiger partial charge in [0, 0.05) is 23.2 Å². The van der Waals surface area contributed by atoms with E-state index in [1.165, 1.54) is 16.1 Å². The summed E-state index contributed by atoms with van der Waals surface area (Å²) in [5, 5.41) is 0. The number of fused-ring (bicyclic) bond motifs is 1. The predicted molar refractivity (Wildman–Crippen MR) is 78.3 cm³/mol. The highest BCUT2D eigenvalue weighted by atomic mass is 32.2. The third-order valence-electron chi connectivity index (χ3n) is 3.19. The molecule has 1 aromatic rings. The van der Waals surface area contributed by atoms with Gasteiger partial charge < -0.3 is 4.90 Å². The number of nitrogens with zero attached hydrogens (tertiary/aromatic N) is 1. The summed E-state index contributed by atoms with van der Waals surface area (Å²) in [7, 11) is 2.22. The minimum absolute atomic E-state index is 0.210. The van der Waals surface area contributed by atoms with Gasteiger partial charge in [-0.1, -0.05) is 32.9 Å². The molecule has 2 heteroatoms. The minimum Gasteiger partial charge on any atom is -0.372 e. The molecule has 0 saturated carbocycles.